The zero-order valence-corrected chi connectivity index (χ0v) is 28.5. The fourth-order valence-corrected chi connectivity index (χ4v) is 10.4. The van der Waals surface area contributed by atoms with Gasteiger partial charge in [0, 0.05) is 58.6 Å². The number of rotatable bonds is 2. The predicted octanol–water partition coefficient (Wildman–Crippen LogP) is 12.9. The van der Waals surface area contributed by atoms with Crippen LogP contribution in [0.25, 0.3) is 32.7 Å². The lowest BCUT2D eigenvalue weighted by Crippen LogP contribution is -2.22. The number of nitrogens with zero attached hydrogens (tertiary/aromatic N) is 2. The van der Waals surface area contributed by atoms with E-state index in [4.69, 9.17) is 0 Å². The molecular formula is C45H28N2OS2. The molecule has 0 unspecified atom stereocenters. The highest BCUT2D eigenvalue weighted by atomic mass is 32.2. The van der Waals surface area contributed by atoms with Crippen LogP contribution < -0.4 is 9.80 Å². The molecule has 0 aromatic heterocycles. The van der Waals surface area contributed by atoms with Gasteiger partial charge in [-0.3, -0.25) is 4.79 Å². The third-order valence-electron chi connectivity index (χ3n) is 10.4. The maximum Gasteiger partial charge on any atom is 0.194 e. The van der Waals surface area contributed by atoms with E-state index in [1.54, 1.807) is 0 Å². The summed E-state index contributed by atoms with van der Waals surface area (Å²) in [6.45, 7) is 0. The van der Waals surface area contributed by atoms with Crippen LogP contribution in [0, 0.1) is 0 Å². The van der Waals surface area contributed by atoms with Crippen LogP contribution in [0.3, 0.4) is 0 Å². The molecule has 0 fully saturated rings. The summed E-state index contributed by atoms with van der Waals surface area (Å²) in [6.07, 6.45) is 6.55. The van der Waals surface area contributed by atoms with Crippen molar-refractivity contribution >= 4 is 79.3 Å². The summed E-state index contributed by atoms with van der Waals surface area (Å²) in [6, 6.07) is 47.7. The Kier molecular flexibility index (Phi) is 6.10. The lowest BCUT2D eigenvalue weighted by Gasteiger charge is -2.37. The molecule has 0 saturated carbocycles. The second kappa shape index (κ2) is 10.8. The smallest absolute Gasteiger partial charge is 0.194 e. The molecule has 50 heavy (non-hydrogen) atoms. The van der Waals surface area contributed by atoms with Crippen LogP contribution >= 0.6 is 23.5 Å². The molecule has 236 valence electrons. The summed E-state index contributed by atoms with van der Waals surface area (Å²) in [5.41, 5.74) is 10.5. The highest BCUT2D eigenvalue weighted by Gasteiger charge is 2.34. The van der Waals surface area contributed by atoms with E-state index in [9.17, 15) is 4.79 Å². The van der Waals surface area contributed by atoms with Crippen molar-refractivity contribution in [1.82, 2.24) is 0 Å². The van der Waals surface area contributed by atoms with Gasteiger partial charge in [0.05, 0.1) is 17.1 Å². The number of anilines is 5. The van der Waals surface area contributed by atoms with Gasteiger partial charge in [-0.25, -0.2) is 0 Å². The molecule has 0 saturated heterocycles. The van der Waals surface area contributed by atoms with Crippen molar-refractivity contribution in [3.05, 3.63) is 167 Å². The molecule has 7 aromatic carbocycles. The van der Waals surface area contributed by atoms with Crippen molar-refractivity contribution in [2.45, 2.75) is 27.5 Å². The van der Waals surface area contributed by atoms with Gasteiger partial charge >= 0.3 is 0 Å². The predicted molar refractivity (Wildman–Crippen MR) is 209 cm³/mol. The molecule has 2 heterocycles. The molecule has 3 nitrogen and oxygen atoms in total. The zero-order chi connectivity index (χ0) is 32.9. The summed E-state index contributed by atoms with van der Waals surface area (Å²) < 4.78 is 0. The Bertz CT molecular complexity index is 2710. The van der Waals surface area contributed by atoms with Gasteiger partial charge in [0.15, 0.2) is 5.78 Å². The van der Waals surface area contributed by atoms with Gasteiger partial charge in [-0.05, 0) is 95.4 Å². The summed E-state index contributed by atoms with van der Waals surface area (Å²) in [4.78, 5) is 23.8. The quantitative estimate of drug-likeness (QED) is 0.181. The Hall–Kier alpha value is -5.49. The third kappa shape index (κ3) is 4.05. The molecule has 7 aromatic rings. The van der Waals surface area contributed by atoms with Gasteiger partial charge in [-0.15, -0.1) is 0 Å². The molecule has 2 aliphatic heterocycles. The largest absolute Gasteiger partial charge is 0.311 e. The van der Waals surface area contributed by atoms with Crippen LogP contribution in [0.15, 0.2) is 171 Å². The fourth-order valence-electron chi connectivity index (χ4n) is 8.14. The standard InChI is InChI=1S/C45H28N2OS2/c48-45-33-21-19-29(46-37-13-5-7-15-39(37)49-41-23-17-27-9-1-3-11-31(27)43(41)46)25-35(33)36-26-30(20-22-34(36)45)47-38-14-6-8-16-40(38)50-42-24-18-28-10-2-4-12-32(28)44(42)47/h1-5,7-13,15-26H,6,14H2. The van der Waals surface area contributed by atoms with E-state index in [1.165, 1.54) is 58.2 Å². The van der Waals surface area contributed by atoms with E-state index in [1.807, 2.05) is 35.7 Å². The van der Waals surface area contributed by atoms with E-state index >= 15 is 0 Å². The minimum Gasteiger partial charge on any atom is -0.311 e. The molecule has 0 amide bonds. The molecular weight excluding hydrogens is 649 g/mol. The van der Waals surface area contributed by atoms with Gasteiger partial charge in [-0.2, -0.15) is 0 Å². The van der Waals surface area contributed by atoms with E-state index in [0.717, 1.165) is 52.2 Å². The van der Waals surface area contributed by atoms with Crippen molar-refractivity contribution in [2.75, 3.05) is 9.80 Å². The Morgan fingerprint density at radius 2 is 1.12 bits per heavy atom. The molecule has 0 N–H and O–H groups in total. The number of allylic oxidation sites excluding steroid dienone is 3. The Morgan fingerprint density at radius 1 is 0.520 bits per heavy atom. The SMILES string of the molecule is O=C1c2ccc(N3C4=C(C=CCC4)Sc4ccc5ccccc5c43)cc2-c2cc(N3c4ccccc4Sc4ccc5ccccc5c43)ccc21. The summed E-state index contributed by atoms with van der Waals surface area (Å²) in [5.74, 6) is 0.0918. The number of carbonyl (C=O) groups excluding carboxylic acids is 1. The van der Waals surface area contributed by atoms with Crippen molar-refractivity contribution < 1.29 is 4.79 Å². The maximum absolute atomic E-state index is 14.0. The van der Waals surface area contributed by atoms with Gasteiger partial charge in [-0.1, -0.05) is 108 Å². The molecule has 0 radical (unpaired) electrons. The lowest BCUT2D eigenvalue weighted by molar-refractivity contribution is 0.104. The first-order valence-corrected chi connectivity index (χ1v) is 18.7. The highest BCUT2D eigenvalue weighted by molar-refractivity contribution is 8.03. The number of hydrogen-bond acceptors (Lipinski definition) is 5. The number of para-hydroxylation sites is 1. The highest BCUT2D eigenvalue weighted by Crippen LogP contribution is 2.56. The van der Waals surface area contributed by atoms with E-state index in [-0.39, 0.29) is 5.78 Å². The van der Waals surface area contributed by atoms with Crippen molar-refractivity contribution in [3.8, 4) is 11.1 Å². The Balaban J connectivity index is 1.11. The first kappa shape index (κ1) is 28.4. The zero-order valence-electron chi connectivity index (χ0n) is 26.9. The summed E-state index contributed by atoms with van der Waals surface area (Å²) in [5, 5.41) is 4.89. The number of ketones is 1. The average molecular weight is 677 g/mol. The van der Waals surface area contributed by atoms with Crippen LogP contribution in [0.4, 0.5) is 28.4 Å². The number of benzene rings is 7. The molecule has 2 aliphatic carbocycles. The Morgan fingerprint density at radius 3 is 1.84 bits per heavy atom. The van der Waals surface area contributed by atoms with Crippen molar-refractivity contribution in [2.24, 2.45) is 0 Å². The van der Waals surface area contributed by atoms with Crippen LogP contribution in [0.1, 0.15) is 28.8 Å². The minimum atomic E-state index is 0.0918. The number of fused-ring (bicyclic) bond motifs is 10. The molecule has 11 rings (SSSR count). The molecule has 0 atom stereocenters. The van der Waals surface area contributed by atoms with E-state index in [2.05, 4.69) is 143 Å². The topological polar surface area (TPSA) is 23.6 Å². The van der Waals surface area contributed by atoms with Crippen molar-refractivity contribution in [3.63, 3.8) is 0 Å². The molecule has 0 bridgehead atoms. The molecule has 0 spiro atoms. The minimum absolute atomic E-state index is 0.0918. The van der Waals surface area contributed by atoms with Gasteiger partial charge in [0.1, 0.15) is 0 Å². The van der Waals surface area contributed by atoms with Crippen LogP contribution in [-0.4, -0.2) is 5.78 Å². The fraction of sp³-hybridized carbons (Fsp3) is 0.0444. The summed E-state index contributed by atoms with van der Waals surface area (Å²) in [7, 11) is 0. The van der Waals surface area contributed by atoms with Crippen LogP contribution in [0.5, 0.6) is 0 Å². The van der Waals surface area contributed by atoms with Crippen molar-refractivity contribution in [1.29, 1.82) is 0 Å². The first-order valence-electron chi connectivity index (χ1n) is 17.0. The molecule has 5 heteroatoms. The van der Waals surface area contributed by atoms with Gasteiger partial charge in [0.2, 0.25) is 0 Å². The average Bonchev–Trinajstić information content (AvgIpc) is 3.45. The van der Waals surface area contributed by atoms with E-state index in [0.29, 0.717) is 0 Å². The number of carbonyl (C=O) groups is 1. The third-order valence-corrected chi connectivity index (χ3v) is 12.6. The first-order chi connectivity index (χ1) is 24.7. The second-order valence-electron chi connectivity index (χ2n) is 13.2. The Labute approximate surface area is 298 Å². The number of thioether (sulfide) groups is 1. The second-order valence-corrected chi connectivity index (χ2v) is 15.3. The lowest BCUT2D eigenvalue weighted by atomic mass is 10.00. The monoisotopic (exact) mass is 676 g/mol. The normalized spacial score (nSPS) is 15.5. The maximum atomic E-state index is 14.0. The molecule has 4 aliphatic rings. The number of hydrogen-bond donors (Lipinski definition) is 0. The van der Waals surface area contributed by atoms with Crippen LogP contribution in [-0.2, 0) is 0 Å². The van der Waals surface area contributed by atoms with Gasteiger partial charge in [0.25, 0.3) is 0 Å². The van der Waals surface area contributed by atoms with Gasteiger partial charge < -0.3 is 9.80 Å². The van der Waals surface area contributed by atoms with Crippen LogP contribution in [0.2, 0.25) is 0 Å². The summed E-state index contributed by atoms with van der Waals surface area (Å²) >= 11 is 3.69. The van der Waals surface area contributed by atoms with E-state index < -0.39 is 0 Å².